The van der Waals surface area contributed by atoms with Crippen LogP contribution in [0.2, 0.25) is 0 Å². The molecule has 0 saturated heterocycles. The summed E-state index contributed by atoms with van der Waals surface area (Å²) in [6, 6.07) is 9.85. The summed E-state index contributed by atoms with van der Waals surface area (Å²) in [7, 11) is 3.91. The molecular weight excluding hydrogens is 352 g/mol. The second-order valence-electron chi connectivity index (χ2n) is 6.62. The van der Waals surface area contributed by atoms with E-state index in [9.17, 15) is 4.79 Å². The van der Waals surface area contributed by atoms with Crippen molar-refractivity contribution in [2.75, 3.05) is 39.5 Å². The molecule has 0 atom stereocenters. The highest BCUT2D eigenvalue weighted by Crippen LogP contribution is 2.18. The minimum atomic E-state index is -0.0920. The Balaban J connectivity index is 2.02. The standard InChI is InChI=1S/C21H28N6O/c1-16-19(21(22)26-15-25-16)20(17-9-5-4-6-10-17)24-13-8-12-23-18(28)11-7-14-27(2)3/h4-7,9-11,15H,8,12-14H2,1-3H3,(H,23,28)(H2,22,25,26). The van der Waals surface area contributed by atoms with Crippen LogP contribution in [0, 0.1) is 6.92 Å². The molecule has 0 unspecified atom stereocenters. The molecule has 2 aromatic rings. The molecule has 28 heavy (non-hydrogen) atoms. The van der Waals surface area contributed by atoms with Crippen molar-refractivity contribution >= 4 is 17.4 Å². The molecule has 0 bridgehead atoms. The van der Waals surface area contributed by atoms with E-state index < -0.39 is 0 Å². The normalized spacial score (nSPS) is 11.9. The molecular formula is C21H28N6O. The van der Waals surface area contributed by atoms with Crippen molar-refractivity contribution in [1.29, 1.82) is 0 Å². The van der Waals surface area contributed by atoms with E-state index in [0.29, 0.717) is 18.9 Å². The molecule has 3 N–H and O–H groups in total. The Labute approximate surface area is 166 Å². The molecule has 0 radical (unpaired) electrons. The maximum Gasteiger partial charge on any atom is 0.243 e. The molecule has 0 aliphatic carbocycles. The van der Waals surface area contributed by atoms with Crippen LogP contribution in [-0.4, -0.2) is 60.2 Å². The molecule has 0 saturated carbocycles. The number of nitrogen functional groups attached to an aromatic ring is 1. The van der Waals surface area contributed by atoms with Crippen LogP contribution in [-0.2, 0) is 4.79 Å². The van der Waals surface area contributed by atoms with E-state index in [4.69, 9.17) is 10.7 Å². The van der Waals surface area contributed by atoms with E-state index in [1.807, 2.05) is 62.3 Å². The lowest BCUT2D eigenvalue weighted by molar-refractivity contribution is -0.116. The number of aromatic nitrogens is 2. The number of carbonyl (C=O) groups excluding carboxylic acids is 1. The third kappa shape index (κ3) is 6.59. The largest absolute Gasteiger partial charge is 0.383 e. The van der Waals surface area contributed by atoms with Crippen molar-refractivity contribution in [3.63, 3.8) is 0 Å². The molecule has 0 aliphatic rings. The summed E-state index contributed by atoms with van der Waals surface area (Å²) < 4.78 is 0. The minimum absolute atomic E-state index is 0.0920. The molecule has 7 nitrogen and oxygen atoms in total. The highest BCUT2D eigenvalue weighted by atomic mass is 16.1. The number of anilines is 1. The fourth-order valence-corrected chi connectivity index (χ4v) is 2.61. The quantitative estimate of drug-likeness (QED) is 0.393. The van der Waals surface area contributed by atoms with Gasteiger partial charge < -0.3 is 16.0 Å². The van der Waals surface area contributed by atoms with Gasteiger partial charge in [-0.2, -0.15) is 0 Å². The first-order chi connectivity index (χ1) is 13.5. The second-order valence-corrected chi connectivity index (χ2v) is 6.62. The zero-order valence-electron chi connectivity index (χ0n) is 16.7. The molecule has 1 aromatic carbocycles. The fourth-order valence-electron chi connectivity index (χ4n) is 2.61. The van der Waals surface area contributed by atoms with Gasteiger partial charge in [-0.3, -0.25) is 9.79 Å². The predicted octanol–water partition coefficient (Wildman–Crippen LogP) is 1.83. The van der Waals surface area contributed by atoms with Crippen LogP contribution in [0.3, 0.4) is 0 Å². The van der Waals surface area contributed by atoms with Crippen molar-refractivity contribution in [1.82, 2.24) is 20.2 Å². The Hall–Kier alpha value is -3.06. The first kappa shape index (κ1) is 21.2. The molecule has 0 aliphatic heterocycles. The SMILES string of the molecule is Cc1ncnc(N)c1C(=NCCCNC(=O)C=CCN(C)C)c1ccccc1. The summed E-state index contributed by atoms with van der Waals surface area (Å²) in [5, 5.41) is 2.87. The number of nitrogens with two attached hydrogens (primary N) is 1. The number of aryl methyl sites for hydroxylation is 1. The lowest BCUT2D eigenvalue weighted by Crippen LogP contribution is -2.23. The monoisotopic (exact) mass is 380 g/mol. The molecule has 1 heterocycles. The number of amides is 1. The molecule has 0 spiro atoms. The number of aliphatic imine (C=N–C) groups is 1. The van der Waals surface area contributed by atoms with Gasteiger partial charge in [-0.05, 0) is 27.4 Å². The summed E-state index contributed by atoms with van der Waals surface area (Å²) >= 11 is 0. The fraction of sp³-hybridized carbons (Fsp3) is 0.333. The smallest absolute Gasteiger partial charge is 0.243 e. The lowest BCUT2D eigenvalue weighted by atomic mass is 10.0. The highest BCUT2D eigenvalue weighted by molar-refractivity contribution is 6.15. The predicted molar refractivity (Wildman–Crippen MR) is 113 cm³/mol. The molecule has 1 amide bonds. The van der Waals surface area contributed by atoms with E-state index >= 15 is 0 Å². The number of hydrogen-bond acceptors (Lipinski definition) is 6. The van der Waals surface area contributed by atoms with E-state index in [0.717, 1.165) is 35.5 Å². The van der Waals surface area contributed by atoms with Gasteiger partial charge in [-0.25, -0.2) is 9.97 Å². The van der Waals surface area contributed by atoms with Crippen LogP contribution < -0.4 is 11.1 Å². The zero-order chi connectivity index (χ0) is 20.4. The van der Waals surface area contributed by atoms with E-state index in [2.05, 4.69) is 15.3 Å². The maximum absolute atomic E-state index is 11.8. The number of rotatable bonds is 9. The van der Waals surface area contributed by atoms with Crippen LogP contribution >= 0.6 is 0 Å². The Kier molecular flexibility index (Phi) is 8.30. The molecule has 2 rings (SSSR count). The number of benzene rings is 1. The van der Waals surface area contributed by atoms with Crippen LogP contribution in [0.25, 0.3) is 0 Å². The Morgan fingerprint density at radius 3 is 2.68 bits per heavy atom. The minimum Gasteiger partial charge on any atom is -0.383 e. The average Bonchev–Trinajstić information content (AvgIpc) is 2.66. The Bertz CT molecular complexity index is 810. The van der Waals surface area contributed by atoms with Gasteiger partial charge in [-0.15, -0.1) is 0 Å². The van der Waals surface area contributed by atoms with Gasteiger partial charge in [0.15, 0.2) is 0 Å². The van der Waals surface area contributed by atoms with Gasteiger partial charge in [0.1, 0.15) is 12.1 Å². The van der Waals surface area contributed by atoms with Gasteiger partial charge in [0, 0.05) is 31.3 Å². The molecule has 148 valence electrons. The number of likely N-dealkylation sites (N-methyl/N-ethyl adjacent to an activating group) is 1. The van der Waals surface area contributed by atoms with Crippen molar-refractivity contribution in [2.24, 2.45) is 4.99 Å². The Morgan fingerprint density at radius 2 is 2.00 bits per heavy atom. The second kappa shape index (κ2) is 10.9. The molecule has 0 fully saturated rings. The van der Waals surface area contributed by atoms with Crippen molar-refractivity contribution in [3.8, 4) is 0 Å². The zero-order valence-corrected chi connectivity index (χ0v) is 16.7. The Morgan fingerprint density at radius 1 is 1.25 bits per heavy atom. The average molecular weight is 380 g/mol. The summed E-state index contributed by atoms with van der Waals surface area (Å²) in [6.07, 6.45) is 5.57. The van der Waals surface area contributed by atoms with Gasteiger partial charge in [0.25, 0.3) is 0 Å². The first-order valence-electron chi connectivity index (χ1n) is 9.25. The van der Waals surface area contributed by atoms with Gasteiger partial charge in [0.05, 0.1) is 17.0 Å². The number of nitrogens with one attached hydrogen (secondary N) is 1. The van der Waals surface area contributed by atoms with Crippen molar-refractivity contribution in [3.05, 3.63) is 65.6 Å². The third-order valence-corrected chi connectivity index (χ3v) is 3.99. The van der Waals surface area contributed by atoms with Crippen LogP contribution in [0.1, 0.15) is 23.2 Å². The van der Waals surface area contributed by atoms with Gasteiger partial charge in [-0.1, -0.05) is 36.4 Å². The lowest BCUT2D eigenvalue weighted by Gasteiger charge is -2.12. The third-order valence-electron chi connectivity index (χ3n) is 3.99. The number of hydrogen-bond donors (Lipinski definition) is 2. The van der Waals surface area contributed by atoms with Gasteiger partial charge >= 0.3 is 0 Å². The summed E-state index contributed by atoms with van der Waals surface area (Å²) in [4.78, 5) is 26.9. The molecule has 7 heteroatoms. The first-order valence-corrected chi connectivity index (χ1v) is 9.25. The van der Waals surface area contributed by atoms with Gasteiger partial charge in [0.2, 0.25) is 5.91 Å². The number of carbonyl (C=O) groups is 1. The van der Waals surface area contributed by atoms with Crippen molar-refractivity contribution in [2.45, 2.75) is 13.3 Å². The van der Waals surface area contributed by atoms with E-state index in [-0.39, 0.29) is 5.91 Å². The summed E-state index contributed by atoms with van der Waals surface area (Å²) in [5.41, 5.74) is 9.37. The highest BCUT2D eigenvalue weighted by Gasteiger charge is 2.14. The van der Waals surface area contributed by atoms with Crippen LogP contribution in [0.15, 0.2) is 53.8 Å². The molecule has 1 aromatic heterocycles. The number of nitrogens with zero attached hydrogens (tertiary/aromatic N) is 4. The maximum atomic E-state index is 11.8. The van der Waals surface area contributed by atoms with Crippen LogP contribution in [0.4, 0.5) is 5.82 Å². The summed E-state index contributed by atoms with van der Waals surface area (Å²) in [6.45, 7) is 3.74. The van der Waals surface area contributed by atoms with E-state index in [1.54, 1.807) is 6.08 Å². The summed E-state index contributed by atoms with van der Waals surface area (Å²) in [5.74, 6) is 0.320. The van der Waals surface area contributed by atoms with Crippen molar-refractivity contribution < 1.29 is 4.79 Å². The topological polar surface area (TPSA) is 96.5 Å². The van der Waals surface area contributed by atoms with Crippen LogP contribution in [0.5, 0.6) is 0 Å². The van der Waals surface area contributed by atoms with E-state index in [1.165, 1.54) is 6.33 Å².